The molecule has 0 spiro atoms. The lowest BCUT2D eigenvalue weighted by Gasteiger charge is -2.05. The maximum absolute atomic E-state index is 13.5. The number of benzene rings is 2. The van der Waals surface area contributed by atoms with Crippen molar-refractivity contribution in [3.63, 3.8) is 0 Å². The number of fused-ring (bicyclic) bond motifs is 1. The zero-order valence-corrected chi connectivity index (χ0v) is 11.3. The van der Waals surface area contributed by atoms with Crippen LogP contribution in [0.5, 0.6) is 0 Å². The Morgan fingerprint density at radius 1 is 1.14 bits per heavy atom. The Bertz CT molecular complexity index is 845. The Morgan fingerprint density at radius 2 is 1.90 bits per heavy atom. The number of aromatic nitrogens is 1. The first-order valence-electron chi connectivity index (χ1n) is 6.09. The molecule has 0 atom stereocenters. The summed E-state index contributed by atoms with van der Waals surface area (Å²) in [6, 6.07) is 10.0. The Kier molecular flexibility index (Phi) is 3.35. The van der Waals surface area contributed by atoms with E-state index < -0.39 is 17.5 Å². The molecule has 0 aliphatic heterocycles. The van der Waals surface area contributed by atoms with Gasteiger partial charge < -0.3 is 10.3 Å². The van der Waals surface area contributed by atoms with E-state index in [9.17, 15) is 13.6 Å². The Morgan fingerprint density at radius 3 is 2.62 bits per heavy atom. The molecule has 3 rings (SSSR count). The second kappa shape index (κ2) is 5.18. The van der Waals surface area contributed by atoms with E-state index in [1.54, 1.807) is 24.3 Å². The third kappa shape index (κ3) is 2.48. The monoisotopic (exact) mass is 306 g/mol. The number of nitrogens with one attached hydrogen (secondary N) is 2. The summed E-state index contributed by atoms with van der Waals surface area (Å²) < 4.78 is 26.4. The van der Waals surface area contributed by atoms with Gasteiger partial charge in [0, 0.05) is 17.0 Å². The number of H-pyrrole nitrogens is 1. The number of carbonyl (C=O) groups excluding carboxylic acids is 1. The number of para-hydroxylation sites is 1. The molecule has 106 valence electrons. The van der Waals surface area contributed by atoms with Gasteiger partial charge in [0.15, 0.2) is 0 Å². The van der Waals surface area contributed by atoms with E-state index in [2.05, 4.69) is 10.3 Å². The van der Waals surface area contributed by atoms with E-state index >= 15 is 0 Å². The Labute approximate surface area is 123 Å². The third-order valence-electron chi connectivity index (χ3n) is 3.05. The molecule has 0 fully saturated rings. The number of hydrogen-bond donors (Lipinski definition) is 2. The summed E-state index contributed by atoms with van der Waals surface area (Å²) in [6.45, 7) is 0. The van der Waals surface area contributed by atoms with Gasteiger partial charge in [0.1, 0.15) is 17.3 Å². The summed E-state index contributed by atoms with van der Waals surface area (Å²) in [6.07, 6.45) is 0. The van der Waals surface area contributed by atoms with E-state index in [-0.39, 0.29) is 16.4 Å². The minimum atomic E-state index is -0.851. The highest BCUT2D eigenvalue weighted by Gasteiger charge is 2.17. The van der Waals surface area contributed by atoms with Crippen LogP contribution in [0.15, 0.2) is 42.5 Å². The molecular formula is C15H9ClF2N2O. The van der Waals surface area contributed by atoms with Crippen molar-refractivity contribution in [1.82, 2.24) is 4.98 Å². The first-order chi connectivity index (χ1) is 10.1. The van der Waals surface area contributed by atoms with Gasteiger partial charge in [0.25, 0.3) is 5.91 Å². The fraction of sp³-hybridized carbons (Fsp3) is 0. The standard InChI is InChI=1S/C15H9ClF2N2O/c16-13-9-3-1-2-4-11(9)19-14(13)15(21)20-12-6-5-8(17)7-10(12)18/h1-7,19H,(H,20,21). The summed E-state index contributed by atoms with van der Waals surface area (Å²) in [5.41, 5.74) is 0.713. The van der Waals surface area contributed by atoms with Crippen LogP contribution < -0.4 is 5.32 Å². The largest absolute Gasteiger partial charge is 0.349 e. The number of amides is 1. The number of rotatable bonds is 2. The SMILES string of the molecule is O=C(Nc1ccc(F)cc1F)c1[nH]c2ccccc2c1Cl. The molecule has 3 aromatic rings. The number of hydrogen-bond acceptors (Lipinski definition) is 1. The predicted octanol–water partition coefficient (Wildman–Crippen LogP) is 4.35. The number of aromatic amines is 1. The Hall–Kier alpha value is -2.40. The molecule has 0 saturated carbocycles. The molecule has 1 amide bonds. The van der Waals surface area contributed by atoms with Crippen LogP contribution in [0.2, 0.25) is 5.02 Å². The first-order valence-corrected chi connectivity index (χ1v) is 6.46. The lowest BCUT2D eigenvalue weighted by atomic mass is 10.2. The third-order valence-corrected chi connectivity index (χ3v) is 3.44. The quantitative estimate of drug-likeness (QED) is 0.726. The van der Waals surface area contributed by atoms with Crippen LogP contribution in [0.3, 0.4) is 0 Å². The van der Waals surface area contributed by atoms with Gasteiger partial charge in [-0.25, -0.2) is 8.78 Å². The fourth-order valence-corrected chi connectivity index (χ4v) is 2.34. The smallest absolute Gasteiger partial charge is 0.273 e. The highest BCUT2D eigenvalue weighted by molar-refractivity contribution is 6.39. The lowest BCUT2D eigenvalue weighted by Crippen LogP contribution is -2.14. The predicted molar refractivity (Wildman–Crippen MR) is 77.6 cm³/mol. The van der Waals surface area contributed by atoms with E-state index in [0.717, 1.165) is 12.1 Å². The van der Waals surface area contributed by atoms with E-state index in [1.165, 1.54) is 0 Å². The normalized spacial score (nSPS) is 10.8. The zero-order chi connectivity index (χ0) is 15.0. The molecule has 3 nitrogen and oxygen atoms in total. The molecule has 1 aromatic heterocycles. The van der Waals surface area contributed by atoms with Gasteiger partial charge in [-0.15, -0.1) is 0 Å². The van der Waals surface area contributed by atoms with Crippen molar-refractivity contribution in [2.75, 3.05) is 5.32 Å². The van der Waals surface area contributed by atoms with Crippen molar-refractivity contribution < 1.29 is 13.6 Å². The second-order valence-corrected chi connectivity index (χ2v) is 4.82. The van der Waals surface area contributed by atoms with Crippen LogP contribution in [0.1, 0.15) is 10.5 Å². The van der Waals surface area contributed by atoms with Crippen LogP contribution in [0.4, 0.5) is 14.5 Å². The summed E-state index contributed by atoms with van der Waals surface area (Å²) in [5, 5.41) is 3.31. The fourth-order valence-electron chi connectivity index (χ4n) is 2.04. The van der Waals surface area contributed by atoms with Crippen molar-refractivity contribution in [2.45, 2.75) is 0 Å². The molecule has 2 aromatic carbocycles. The number of anilines is 1. The minimum absolute atomic E-state index is 0.115. The van der Waals surface area contributed by atoms with Gasteiger partial charge >= 0.3 is 0 Å². The summed E-state index contributed by atoms with van der Waals surface area (Å²) in [5.74, 6) is -2.16. The molecule has 0 bridgehead atoms. The van der Waals surface area contributed by atoms with E-state index in [0.29, 0.717) is 17.0 Å². The molecule has 0 radical (unpaired) electrons. The average Bonchev–Trinajstić information content (AvgIpc) is 2.80. The van der Waals surface area contributed by atoms with Crippen LogP contribution in [0, 0.1) is 11.6 Å². The van der Waals surface area contributed by atoms with Crippen molar-refractivity contribution in [3.8, 4) is 0 Å². The molecule has 0 unspecified atom stereocenters. The van der Waals surface area contributed by atoms with Crippen LogP contribution in [0.25, 0.3) is 10.9 Å². The summed E-state index contributed by atoms with van der Waals surface area (Å²) >= 11 is 6.14. The molecule has 0 saturated heterocycles. The van der Waals surface area contributed by atoms with Gasteiger partial charge in [-0.05, 0) is 18.2 Å². The molecule has 6 heteroatoms. The van der Waals surface area contributed by atoms with Crippen molar-refractivity contribution in [3.05, 3.63) is 64.8 Å². The molecule has 0 aliphatic rings. The highest BCUT2D eigenvalue weighted by Crippen LogP contribution is 2.28. The first kappa shape index (κ1) is 13.6. The number of carbonyl (C=O) groups is 1. The maximum atomic E-state index is 13.5. The molecular weight excluding hydrogens is 298 g/mol. The van der Waals surface area contributed by atoms with Crippen LogP contribution in [-0.4, -0.2) is 10.9 Å². The zero-order valence-electron chi connectivity index (χ0n) is 10.6. The van der Waals surface area contributed by atoms with Crippen LogP contribution >= 0.6 is 11.6 Å². The van der Waals surface area contributed by atoms with Gasteiger partial charge in [0.05, 0.1) is 10.7 Å². The summed E-state index contributed by atoms with van der Waals surface area (Å²) in [4.78, 5) is 15.0. The Balaban J connectivity index is 1.95. The molecule has 2 N–H and O–H groups in total. The molecule has 21 heavy (non-hydrogen) atoms. The average molecular weight is 307 g/mol. The lowest BCUT2D eigenvalue weighted by molar-refractivity contribution is 0.102. The van der Waals surface area contributed by atoms with Gasteiger partial charge in [-0.3, -0.25) is 4.79 Å². The molecule has 0 aliphatic carbocycles. The van der Waals surface area contributed by atoms with E-state index in [4.69, 9.17) is 11.6 Å². The maximum Gasteiger partial charge on any atom is 0.273 e. The van der Waals surface area contributed by atoms with E-state index in [1.807, 2.05) is 0 Å². The topological polar surface area (TPSA) is 44.9 Å². The van der Waals surface area contributed by atoms with Crippen molar-refractivity contribution in [2.24, 2.45) is 0 Å². The second-order valence-electron chi connectivity index (χ2n) is 4.44. The minimum Gasteiger partial charge on any atom is -0.349 e. The van der Waals surface area contributed by atoms with Crippen molar-refractivity contribution >= 4 is 34.1 Å². The van der Waals surface area contributed by atoms with Gasteiger partial charge in [-0.2, -0.15) is 0 Å². The van der Waals surface area contributed by atoms with Gasteiger partial charge in [0.2, 0.25) is 0 Å². The van der Waals surface area contributed by atoms with Gasteiger partial charge in [-0.1, -0.05) is 29.8 Å². The van der Waals surface area contributed by atoms with Crippen LogP contribution in [-0.2, 0) is 0 Å². The summed E-state index contributed by atoms with van der Waals surface area (Å²) in [7, 11) is 0. The molecule has 1 heterocycles. The number of halogens is 3. The van der Waals surface area contributed by atoms with Crippen molar-refractivity contribution in [1.29, 1.82) is 0 Å². The highest BCUT2D eigenvalue weighted by atomic mass is 35.5.